The van der Waals surface area contributed by atoms with Crippen molar-refractivity contribution < 1.29 is 23.1 Å². The predicted octanol–water partition coefficient (Wildman–Crippen LogP) is 3.40. The van der Waals surface area contributed by atoms with E-state index < -0.39 is 35.1 Å². The number of hydrogen-bond donors (Lipinski definition) is 2. The zero-order valence-corrected chi connectivity index (χ0v) is 17.1. The molecular weight excluding hydrogens is 390 g/mol. The summed E-state index contributed by atoms with van der Waals surface area (Å²) in [5.41, 5.74) is 1.97. The number of carbonyl (C=O) groups excluding carboxylic acids is 2. The molecule has 0 saturated heterocycles. The molecule has 30 heavy (non-hydrogen) atoms. The monoisotopic (exact) mass is 416 g/mol. The third kappa shape index (κ3) is 5.14. The number of ether oxygens (including phenoxy) is 1. The normalized spacial score (nSPS) is 13.6. The Labute approximate surface area is 174 Å². The van der Waals surface area contributed by atoms with E-state index in [4.69, 9.17) is 4.74 Å². The van der Waals surface area contributed by atoms with Crippen molar-refractivity contribution in [1.29, 1.82) is 0 Å². The van der Waals surface area contributed by atoms with Gasteiger partial charge in [-0.25, -0.2) is 8.78 Å². The highest BCUT2D eigenvalue weighted by Crippen LogP contribution is 2.25. The van der Waals surface area contributed by atoms with Crippen LogP contribution in [0.1, 0.15) is 41.8 Å². The molecule has 0 aliphatic heterocycles. The van der Waals surface area contributed by atoms with Crippen molar-refractivity contribution >= 4 is 11.8 Å². The summed E-state index contributed by atoms with van der Waals surface area (Å²) in [5.74, 6) is -2.87. The van der Waals surface area contributed by atoms with Gasteiger partial charge in [-0.2, -0.15) is 0 Å². The van der Waals surface area contributed by atoms with Crippen molar-refractivity contribution in [2.24, 2.45) is 5.92 Å². The van der Waals surface area contributed by atoms with Crippen molar-refractivity contribution in [3.05, 3.63) is 64.7 Å². The van der Waals surface area contributed by atoms with Crippen molar-refractivity contribution in [3.63, 3.8) is 0 Å². The number of rotatable bonds is 8. The SMILES string of the molecule is CC(C)C(NC(=O)c1c(F)cccc1F)C(=O)NCCOc1ccc2c(c1)CCC2. The first-order valence-electron chi connectivity index (χ1n) is 10.1. The molecular formula is C23H26F2N2O3. The van der Waals surface area contributed by atoms with E-state index in [-0.39, 0.29) is 19.1 Å². The highest BCUT2D eigenvalue weighted by Gasteiger charge is 2.27. The molecule has 2 aromatic rings. The van der Waals surface area contributed by atoms with Crippen LogP contribution in [-0.4, -0.2) is 31.0 Å². The lowest BCUT2D eigenvalue weighted by atomic mass is 10.0. The first-order valence-corrected chi connectivity index (χ1v) is 10.1. The minimum Gasteiger partial charge on any atom is -0.492 e. The van der Waals surface area contributed by atoms with E-state index in [1.54, 1.807) is 13.8 Å². The summed E-state index contributed by atoms with van der Waals surface area (Å²) in [4.78, 5) is 24.8. The van der Waals surface area contributed by atoms with Gasteiger partial charge >= 0.3 is 0 Å². The van der Waals surface area contributed by atoms with Gasteiger partial charge in [0.15, 0.2) is 0 Å². The summed E-state index contributed by atoms with van der Waals surface area (Å²) in [6.45, 7) is 3.99. The molecule has 0 radical (unpaired) electrons. The van der Waals surface area contributed by atoms with Crippen LogP contribution in [0.3, 0.4) is 0 Å². The van der Waals surface area contributed by atoms with Gasteiger partial charge < -0.3 is 15.4 Å². The average Bonchev–Trinajstić information content (AvgIpc) is 3.16. The molecule has 2 amide bonds. The number of carbonyl (C=O) groups is 2. The first-order chi connectivity index (χ1) is 14.4. The first kappa shape index (κ1) is 21.7. The average molecular weight is 416 g/mol. The fourth-order valence-electron chi connectivity index (χ4n) is 3.55. The van der Waals surface area contributed by atoms with E-state index in [1.807, 2.05) is 12.1 Å². The van der Waals surface area contributed by atoms with E-state index in [0.717, 1.165) is 37.1 Å². The van der Waals surface area contributed by atoms with Gasteiger partial charge in [-0.1, -0.05) is 26.0 Å². The fourth-order valence-corrected chi connectivity index (χ4v) is 3.55. The molecule has 5 nitrogen and oxygen atoms in total. The number of halogens is 2. The van der Waals surface area contributed by atoms with Crippen molar-refractivity contribution in [3.8, 4) is 5.75 Å². The van der Waals surface area contributed by atoms with Gasteiger partial charge in [-0.05, 0) is 60.6 Å². The van der Waals surface area contributed by atoms with Gasteiger partial charge in [0.05, 0.1) is 6.54 Å². The highest BCUT2D eigenvalue weighted by atomic mass is 19.1. The summed E-state index contributed by atoms with van der Waals surface area (Å²) in [6.07, 6.45) is 3.32. The largest absolute Gasteiger partial charge is 0.492 e. The van der Waals surface area contributed by atoms with E-state index in [2.05, 4.69) is 16.7 Å². The molecule has 160 valence electrons. The van der Waals surface area contributed by atoms with Crippen LogP contribution in [0.2, 0.25) is 0 Å². The highest BCUT2D eigenvalue weighted by molar-refractivity contribution is 5.98. The molecule has 1 atom stereocenters. The Balaban J connectivity index is 1.52. The molecule has 0 aromatic heterocycles. The van der Waals surface area contributed by atoms with E-state index >= 15 is 0 Å². The number of benzene rings is 2. The maximum absolute atomic E-state index is 13.8. The second kappa shape index (κ2) is 9.69. The Kier molecular flexibility index (Phi) is 7.03. The topological polar surface area (TPSA) is 67.4 Å². The second-order valence-corrected chi connectivity index (χ2v) is 7.72. The van der Waals surface area contributed by atoms with Gasteiger partial charge in [-0.3, -0.25) is 9.59 Å². The molecule has 2 N–H and O–H groups in total. The van der Waals surface area contributed by atoms with Crippen LogP contribution in [0.4, 0.5) is 8.78 Å². The summed E-state index contributed by atoms with van der Waals surface area (Å²) in [6, 6.07) is 8.27. The van der Waals surface area contributed by atoms with Crippen LogP contribution in [-0.2, 0) is 17.6 Å². The zero-order chi connectivity index (χ0) is 21.7. The third-order valence-corrected chi connectivity index (χ3v) is 5.17. The maximum atomic E-state index is 13.8. The Bertz CT molecular complexity index is 910. The third-order valence-electron chi connectivity index (χ3n) is 5.17. The maximum Gasteiger partial charge on any atom is 0.257 e. The number of hydrogen-bond acceptors (Lipinski definition) is 3. The quantitative estimate of drug-likeness (QED) is 0.648. The summed E-state index contributed by atoms with van der Waals surface area (Å²) in [5, 5.41) is 5.14. The smallest absolute Gasteiger partial charge is 0.257 e. The summed E-state index contributed by atoms with van der Waals surface area (Å²) >= 11 is 0. The number of aryl methyl sites for hydroxylation is 2. The standard InChI is InChI=1S/C23H26F2N2O3/c1-14(2)21(27-22(28)20-18(24)7-4-8-19(20)25)23(29)26-11-12-30-17-10-9-15-5-3-6-16(15)13-17/h4,7-10,13-14,21H,3,5-6,11-12H2,1-2H3,(H,26,29)(H,27,28). The number of fused-ring (bicyclic) bond motifs is 1. The van der Waals surface area contributed by atoms with Crippen LogP contribution in [0, 0.1) is 17.6 Å². The molecule has 7 heteroatoms. The Morgan fingerprint density at radius 3 is 2.47 bits per heavy atom. The molecule has 0 bridgehead atoms. The van der Waals surface area contributed by atoms with Crippen LogP contribution < -0.4 is 15.4 Å². The van der Waals surface area contributed by atoms with E-state index in [0.29, 0.717) is 0 Å². The van der Waals surface area contributed by atoms with Crippen LogP contribution in [0.15, 0.2) is 36.4 Å². The lowest BCUT2D eigenvalue weighted by molar-refractivity contribution is -0.124. The number of nitrogens with one attached hydrogen (secondary N) is 2. The predicted molar refractivity (Wildman–Crippen MR) is 109 cm³/mol. The van der Waals surface area contributed by atoms with Gasteiger partial charge in [-0.15, -0.1) is 0 Å². The lowest BCUT2D eigenvalue weighted by Crippen LogP contribution is -2.50. The van der Waals surface area contributed by atoms with Gasteiger partial charge in [0, 0.05) is 0 Å². The number of amides is 2. The Hall–Kier alpha value is -2.96. The molecule has 0 spiro atoms. The van der Waals surface area contributed by atoms with Gasteiger partial charge in [0.25, 0.3) is 5.91 Å². The van der Waals surface area contributed by atoms with Crippen LogP contribution >= 0.6 is 0 Å². The molecule has 0 saturated carbocycles. The molecule has 3 rings (SSSR count). The van der Waals surface area contributed by atoms with Crippen LogP contribution in [0.5, 0.6) is 5.75 Å². The van der Waals surface area contributed by atoms with E-state index in [9.17, 15) is 18.4 Å². The molecule has 1 aliphatic carbocycles. The van der Waals surface area contributed by atoms with Gasteiger partial charge in [0.2, 0.25) is 5.91 Å². The summed E-state index contributed by atoms with van der Waals surface area (Å²) in [7, 11) is 0. The zero-order valence-electron chi connectivity index (χ0n) is 17.1. The van der Waals surface area contributed by atoms with E-state index in [1.165, 1.54) is 17.2 Å². The molecule has 2 aromatic carbocycles. The molecule has 1 aliphatic rings. The Morgan fingerprint density at radius 1 is 1.07 bits per heavy atom. The molecule has 1 unspecified atom stereocenters. The van der Waals surface area contributed by atoms with Crippen molar-refractivity contribution in [2.75, 3.05) is 13.2 Å². The second-order valence-electron chi connectivity index (χ2n) is 7.72. The van der Waals surface area contributed by atoms with Gasteiger partial charge in [0.1, 0.15) is 35.6 Å². The molecule has 0 fully saturated rings. The molecule has 0 heterocycles. The Morgan fingerprint density at radius 2 is 1.77 bits per heavy atom. The van der Waals surface area contributed by atoms with Crippen molar-refractivity contribution in [2.45, 2.75) is 39.2 Å². The van der Waals surface area contributed by atoms with Crippen molar-refractivity contribution in [1.82, 2.24) is 10.6 Å². The fraction of sp³-hybridized carbons (Fsp3) is 0.391. The summed E-state index contributed by atoms with van der Waals surface area (Å²) < 4.78 is 33.4. The lowest BCUT2D eigenvalue weighted by Gasteiger charge is -2.22. The minimum absolute atomic E-state index is 0.239. The minimum atomic E-state index is -0.974. The van der Waals surface area contributed by atoms with Crippen LogP contribution in [0.25, 0.3) is 0 Å².